The molecule has 0 aliphatic rings. The first-order valence-corrected chi connectivity index (χ1v) is 4.41. The lowest BCUT2D eigenvalue weighted by molar-refractivity contribution is 0.903. The molecule has 0 radical (unpaired) electrons. The molecule has 0 aromatic carbocycles. The van der Waals surface area contributed by atoms with E-state index < -0.39 is 0 Å². The average Bonchev–Trinajstić information content (AvgIpc) is 2.02. The van der Waals surface area contributed by atoms with Crippen LogP contribution in [0, 0.1) is 11.3 Å². The smallest absolute Gasteiger partial charge is 0.0911 e. The Bertz CT molecular complexity index is 212. The molecule has 0 N–H and O–H groups in total. The van der Waals surface area contributed by atoms with Crippen molar-refractivity contribution >= 4 is 0 Å². The number of nitriles is 1. The maximum absolute atomic E-state index is 8.43. The molecule has 0 aromatic heterocycles. The molecule has 0 unspecified atom stereocenters. The molecule has 0 atom stereocenters. The van der Waals surface area contributed by atoms with Crippen LogP contribution in [0.5, 0.6) is 0 Å². The Morgan fingerprint density at radius 3 is 2.50 bits per heavy atom. The quantitative estimate of drug-likeness (QED) is 0.459. The Labute approximate surface area is 75.4 Å². The normalized spacial score (nSPS) is 10.7. The van der Waals surface area contributed by atoms with E-state index in [0.29, 0.717) is 0 Å². The number of allylic oxidation sites excluding steroid dienone is 4. The molecule has 0 fully saturated rings. The Morgan fingerprint density at radius 2 is 2.08 bits per heavy atom. The van der Waals surface area contributed by atoms with Crippen LogP contribution in [0.4, 0.5) is 0 Å². The molecule has 0 aromatic rings. The van der Waals surface area contributed by atoms with Gasteiger partial charge in [-0.25, -0.2) is 0 Å². The highest BCUT2D eigenvalue weighted by molar-refractivity contribution is 5.13. The van der Waals surface area contributed by atoms with Crippen molar-refractivity contribution in [3.05, 3.63) is 23.3 Å². The third-order valence-corrected chi connectivity index (χ3v) is 1.74. The summed E-state index contributed by atoms with van der Waals surface area (Å²) in [6.45, 7) is 6.28. The predicted octanol–water partition coefficient (Wildman–Crippen LogP) is 3.59. The van der Waals surface area contributed by atoms with E-state index in [0.717, 1.165) is 19.3 Å². The zero-order chi connectivity index (χ0) is 9.40. The fourth-order valence-electron chi connectivity index (χ4n) is 0.989. The molecule has 0 aliphatic heterocycles. The second-order valence-corrected chi connectivity index (χ2v) is 3.11. The minimum absolute atomic E-state index is 0.990. The van der Waals surface area contributed by atoms with Gasteiger partial charge in [-0.3, -0.25) is 0 Å². The van der Waals surface area contributed by atoms with Gasteiger partial charge in [-0.15, -0.1) is 0 Å². The van der Waals surface area contributed by atoms with Crippen LogP contribution >= 0.6 is 0 Å². The Kier molecular flexibility index (Phi) is 6.09. The molecule has 0 bridgehead atoms. The number of rotatable bonds is 4. The van der Waals surface area contributed by atoms with Crippen LogP contribution in [0.3, 0.4) is 0 Å². The van der Waals surface area contributed by atoms with E-state index in [1.807, 2.05) is 0 Å². The molecule has 0 spiro atoms. The molecule has 0 heterocycles. The molecule has 0 saturated heterocycles. The summed E-state index contributed by atoms with van der Waals surface area (Å²) in [6.07, 6.45) is 6.95. The highest BCUT2D eigenvalue weighted by Gasteiger charge is 1.91. The number of hydrogen-bond donors (Lipinski definition) is 0. The first-order valence-electron chi connectivity index (χ1n) is 4.41. The van der Waals surface area contributed by atoms with Crippen molar-refractivity contribution in [3.8, 4) is 6.07 Å². The zero-order valence-electron chi connectivity index (χ0n) is 8.22. The van der Waals surface area contributed by atoms with Gasteiger partial charge >= 0.3 is 0 Å². The van der Waals surface area contributed by atoms with E-state index in [9.17, 15) is 0 Å². The zero-order valence-corrected chi connectivity index (χ0v) is 8.22. The molecular formula is C11H17N. The average molecular weight is 163 g/mol. The molecule has 66 valence electrons. The van der Waals surface area contributed by atoms with Crippen LogP contribution < -0.4 is 0 Å². The Balaban J connectivity index is 3.84. The van der Waals surface area contributed by atoms with Gasteiger partial charge in [0, 0.05) is 6.08 Å². The van der Waals surface area contributed by atoms with Crippen LogP contribution in [-0.2, 0) is 0 Å². The van der Waals surface area contributed by atoms with Crippen molar-refractivity contribution in [2.75, 3.05) is 0 Å². The summed E-state index contributed by atoms with van der Waals surface area (Å²) in [5.74, 6) is 0. The van der Waals surface area contributed by atoms with E-state index >= 15 is 0 Å². The minimum Gasteiger partial charge on any atom is -0.193 e. The monoisotopic (exact) mass is 163 g/mol. The summed E-state index contributed by atoms with van der Waals surface area (Å²) in [5.41, 5.74) is 2.59. The van der Waals surface area contributed by atoms with Crippen molar-refractivity contribution in [3.63, 3.8) is 0 Å². The topological polar surface area (TPSA) is 23.8 Å². The second kappa shape index (κ2) is 6.67. The molecule has 12 heavy (non-hydrogen) atoms. The van der Waals surface area contributed by atoms with Gasteiger partial charge in [-0.2, -0.15) is 5.26 Å². The summed E-state index contributed by atoms with van der Waals surface area (Å²) in [5, 5.41) is 8.43. The molecule has 0 saturated carbocycles. The summed E-state index contributed by atoms with van der Waals surface area (Å²) in [7, 11) is 0. The molecule has 1 nitrogen and oxygen atoms in total. The summed E-state index contributed by atoms with van der Waals surface area (Å²) < 4.78 is 0. The van der Waals surface area contributed by atoms with E-state index in [4.69, 9.17) is 5.26 Å². The van der Waals surface area contributed by atoms with Crippen LogP contribution in [0.1, 0.15) is 40.0 Å². The van der Waals surface area contributed by atoms with Gasteiger partial charge in [0.15, 0.2) is 0 Å². The van der Waals surface area contributed by atoms with Crippen molar-refractivity contribution in [2.45, 2.75) is 40.0 Å². The van der Waals surface area contributed by atoms with Gasteiger partial charge in [-0.1, -0.05) is 24.1 Å². The molecular weight excluding hydrogens is 146 g/mol. The van der Waals surface area contributed by atoms with Crippen molar-refractivity contribution < 1.29 is 0 Å². The van der Waals surface area contributed by atoms with Crippen LogP contribution in [0.25, 0.3) is 0 Å². The lowest BCUT2D eigenvalue weighted by Crippen LogP contribution is -1.80. The number of nitrogens with zero attached hydrogens (tertiary/aromatic N) is 1. The standard InChI is InChI=1S/C11H17N/c1-4-11(8-9-12)7-5-6-10(2)3/h6,8H,4-5,7H2,1-3H3. The highest BCUT2D eigenvalue weighted by atomic mass is 14.2. The third-order valence-electron chi connectivity index (χ3n) is 1.74. The van der Waals surface area contributed by atoms with Crippen molar-refractivity contribution in [1.29, 1.82) is 5.26 Å². The van der Waals surface area contributed by atoms with Crippen LogP contribution in [-0.4, -0.2) is 0 Å². The third kappa shape index (κ3) is 5.73. The maximum Gasteiger partial charge on any atom is 0.0911 e. The lowest BCUT2D eigenvalue weighted by atomic mass is 10.1. The Morgan fingerprint density at radius 1 is 1.42 bits per heavy atom. The largest absolute Gasteiger partial charge is 0.193 e. The van der Waals surface area contributed by atoms with E-state index in [2.05, 4.69) is 32.9 Å². The van der Waals surface area contributed by atoms with E-state index in [1.165, 1.54) is 11.1 Å². The van der Waals surface area contributed by atoms with Crippen LogP contribution in [0.15, 0.2) is 23.3 Å². The number of hydrogen-bond acceptors (Lipinski definition) is 1. The van der Waals surface area contributed by atoms with Crippen molar-refractivity contribution in [1.82, 2.24) is 0 Å². The first kappa shape index (κ1) is 11.0. The van der Waals surface area contributed by atoms with E-state index in [1.54, 1.807) is 6.08 Å². The lowest BCUT2D eigenvalue weighted by Gasteiger charge is -1.98. The highest BCUT2D eigenvalue weighted by Crippen LogP contribution is 2.10. The fourth-order valence-corrected chi connectivity index (χ4v) is 0.989. The Hall–Kier alpha value is -1.03. The minimum atomic E-state index is 0.990. The molecule has 0 aliphatic carbocycles. The first-order chi connectivity index (χ1) is 5.70. The fraction of sp³-hybridized carbons (Fsp3) is 0.545. The predicted molar refractivity (Wildman–Crippen MR) is 52.7 cm³/mol. The van der Waals surface area contributed by atoms with Crippen LogP contribution in [0.2, 0.25) is 0 Å². The van der Waals surface area contributed by atoms with Gasteiger partial charge in [-0.05, 0) is 33.1 Å². The molecule has 0 amide bonds. The van der Waals surface area contributed by atoms with Gasteiger partial charge < -0.3 is 0 Å². The summed E-state index contributed by atoms with van der Waals surface area (Å²) in [6, 6.07) is 2.07. The summed E-state index contributed by atoms with van der Waals surface area (Å²) in [4.78, 5) is 0. The molecule has 1 heteroatoms. The van der Waals surface area contributed by atoms with Gasteiger partial charge in [0.2, 0.25) is 0 Å². The molecule has 0 rings (SSSR count). The van der Waals surface area contributed by atoms with Gasteiger partial charge in [0.25, 0.3) is 0 Å². The van der Waals surface area contributed by atoms with Gasteiger partial charge in [0.05, 0.1) is 6.07 Å². The second-order valence-electron chi connectivity index (χ2n) is 3.11. The van der Waals surface area contributed by atoms with Gasteiger partial charge in [0.1, 0.15) is 0 Å². The SMILES string of the molecule is CCC(=CC#N)CCC=C(C)C. The summed E-state index contributed by atoms with van der Waals surface area (Å²) >= 11 is 0. The van der Waals surface area contributed by atoms with Crippen molar-refractivity contribution in [2.24, 2.45) is 0 Å². The van der Waals surface area contributed by atoms with E-state index in [-0.39, 0.29) is 0 Å². The maximum atomic E-state index is 8.43.